The summed E-state index contributed by atoms with van der Waals surface area (Å²) in [7, 11) is 0. The molecule has 3 aromatic heterocycles. The first kappa shape index (κ1) is 25.2. The number of carbonyl (C=O) groups is 1. The number of benzene rings is 2. The van der Waals surface area contributed by atoms with Crippen molar-refractivity contribution in [2.45, 2.75) is 12.7 Å². The van der Waals surface area contributed by atoms with Gasteiger partial charge in [0.05, 0.1) is 22.7 Å². The van der Waals surface area contributed by atoms with Gasteiger partial charge in [-0.05, 0) is 60.2 Å². The number of hydrogen-bond acceptors (Lipinski definition) is 5. The fraction of sp³-hybridized carbons (Fsp3) is 0.0741. The quantitative estimate of drug-likeness (QED) is 0.183. The third kappa shape index (κ3) is 5.03. The van der Waals surface area contributed by atoms with E-state index in [1.165, 1.54) is 17.1 Å². The molecule has 0 aliphatic rings. The molecule has 38 heavy (non-hydrogen) atoms. The fourth-order valence-electron chi connectivity index (χ4n) is 4.02. The van der Waals surface area contributed by atoms with Gasteiger partial charge in [0.15, 0.2) is 5.78 Å². The van der Waals surface area contributed by atoms with Gasteiger partial charge in [0.25, 0.3) is 0 Å². The molecule has 0 amide bonds. The molecule has 2 aromatic carbocycles. The van der Waals surface area contributed by atoms with E-state index in [1.807, 2.05) is 0 Å². The van der Waals surface area contributed by atoms with Crippen molar-refractivity contribution in [3.05, 3.63) is 118 Å². The third-order valence-corrected chi connectivity index (χ3v) is 6.01. The maximum absolute atomic E-state index is 14.1. The number of ketones is 1. The monoisotopic (exact) mass is 537 g/mol. The number of alkyl halides is 3. The van der Waals surface area contributed by atoms with E-state index < -0.39 is 23.3 Å². The summed E-state index contributed by atoms with van der Waals surface area (Å²) in [6, 6.07) is 15.4. The smallest absolute Gasteiger partial charge is 0.288 e. The highest BCUT2D eigenvalue weighted by Crippen LogP contribution is 2.34. The van der Waals surface area contributed by atoms with Crippen molar-refractivity contribution in [1.82, 2.24) is 25.0 Å². The molecule has 5 rings (SSSR count). The standard InChI is InChI=1S/C27H16ClF4N5O/c28-22-8-2-1-6-20(22)26(38)21-7-4-10-34-23(21)24-25(17-5-3-9-33-14-17)37(36-35-24)15-16-11-18(27(30,31)32)13-19(29)12-16/h1-14H,15H2. The summed E-state index contributed by atoms with van der Waals surface area (Å²) in [5.74, 6) is -1.43. The highest BCUT2D eigenvalue weighted by Gasteiger charge is 2.32. The molecular weight excluding hydrogens is 522 g/mol. The van der Waals surface area contributed by atoms with Gasteiger partial charge in [-0.25, -0.2) is 9.07 Å². The number of rotatable bonds is 6. The van der Waals surface area contributed by atoms with E-state index in [2.05, 4.69) is 20.3 Å². The Kier molecular flexibility index (Phi) is 6.73. The second kappa shape index (κ2) is 10.1. The summed E-state index contributed by atoms with van der Waals surface area (Å²) in [5.41, 5.74) is 0.602. The lowest BCUT2D eigenvalue weighted by atomic mass is 9.98. The molecule has 0 aliphatic heterocycles. The van der Waals surface area contributed by atoms with Gasteiger partial charge in [0, 0.05) is 29.7 Å². The summed E-state index contributed by atoms with van der Waals surface area (Å²) in [4.78, 5) is 21.9. The number of halogens is 5. The van der Waals surface area contributed by atoms with Crippen molar-refractivity contribution in [1.29, 1.82) is 0 Å². The molecule has 11 heteroatoms. The van der Waals surface area contributed by atoms with Crippen molar-refractivity contribution >= 4 is 17.4 Å². The Hall–Kier alpha value is -4.44. The molecule has 0 spiro atoms. The van der Waals surface area contributed by atoms with Gasteiger partial charge in [0.1, 0.15) is 22.9 Å². The lowest BCUT2D eigenvalue weighted by Crippen LogP contribution is -2.10. The molecule has 0 radical (unpaired) electrons. The van der Waals surface area contributed by atoms with Gasteiger partial charge in [-0.2, -0.15) is 13.2 Å². The topological polar surface area (TPSA) is 73.6 Å². The van der Waals surface area contributed by atoms with E-state index in [4.69, 9.17) is 11.6 Å². The largest absolute Gasteiger partial charge is 0.416 e. The molecule has 190 valence electrons. The summed E-state index contributed by atoms with van der Waals surface area (Å²) in [6.07, 6.45) is -0.179. The lowest BCUT2D eigenvalue weighted by Gasteiger charge is -2.12. The van der Waals surface area contributed by atoms with Crippen LogP contribution in [0.15, 0.2) is 85.3 Å². The van der Waals surface area contributed by atoms with Crippen LogP contribution < -0.4 is 0 Å². The van der Waals surface area contributed by atoms with Gasteiger partial charge < -0.3 is 0 Å². The Morgan fingerprint density at radius 1 is 0.921 bits per heavy atom. The molecule has 5 aromatic rings. The van der Waals surface area contributed by atoms with Gasteiger partial charge in [-0.15, -0.1) is 5.10 Å². The van der Waals surface area contributed by atoms with Crippen molar-refractivity contribution in [3.8, 4) is 22.6 Å². The fourth-order valence-corrected chi connectivity index (χ4v) is 4.24. The van der Waals surface area contributed by atoms with Crippen molar-refractivity contribution < 1.29 is 22.4 Å². The van der Waals surface area contributed by atoms with Gasteiger partial charge >= 0.3 is 6.18 Å². The van der Waals surface area contributed by atoms with Crippen molar-refractivity contribution in [3.63, 3.8) is 0 Å². The van der Waals surface area contributed by atoms with E-state index in [0.717, 1.165) is 12.1 Å². The molecule has 0 atom stereocenters. The minimum atomic E-state index is -4.72. The minimum absolute atomic E-state index is 0.0207. The van der Waals surface area contributed by atoms with Crippen LogP contribution in [0, 0.1) is 5.82 Å². The first-order valence-corrected chi connectivity index (χ1v) is 11.6. The molecular formula is C27H16ClF4N5O. The molecule has 3 heterocycles. The average Bonchev–Trinajstić information content (AvgIpc) is 3.31. The minimum Gasteiger partial charge on any atom is -0.288 e. The van der Waals surface area contributed by atoms with E-state index in [0.29, 0.717) is 17.3 Å². The summed E-state index contributed by atoms with van der Waals surface area (Å²) < 4.78 is 55.3. The first-order valence-electron chi connectivity index (χ1n) is 11.2. The van der Waals surface area contributed by atoms with E-state index in [9.17, 15) is 22.4 Å². The zero-order valence-electron chi connectivity index (χ0n) is 19.3. The van der Waals surface area contributed by atoms with Gasteiger partial charge in [-0.3, -0.25) is 14.8 Å². The molecule has 0 saturated carbocycles. The second-order valence-electron chi connectivity index (χ2n) is 8.24. The Morgan fingerprint density at radius 3 is 2.42 bits per heavy atom. The molecule has 0 saturated heterocycles. The van der Waals surface area contributed by atoms with Gasteiger partial charge in [-0.1, -0.05) is 28.9 Å². The summed E-state index contributed by atoms with van der Waals surface area (Å²) >= 11 is 6.25. The Labute approximate surface area is 218 Å². The Balaban J connectivity index is 1.65. The van der Waals surface area contributed by atoms with Crippen molar-refractivity contribution in [2.24, 2.45) is 0 Å². The third-order valence-electron chi connectivity index (χ3n) is 5.68. The second-order valence-corrected chi connectivity index (χ2v) is 8.65. The number of aromatic nitrogens is 5. The van der Waals surface area contributed by atoms with E-state index in [-0.39, 0.29) is 39.6 Å². The normalized spacial score (nSPS) is 11.5. The Morgan fingerprint density at radius 2 is 1.68 bits per heavy atom. The predicted molar refractivity (Wildman–Crippen MR) is 132 cm³/mol. The molecule has 0 aliphatic carbocycles. The molecule has 0 fully saturated rings. The van der Waals surface area contributed by atoms with Crippen LogP contribution in [0.2, 0.25) is 5.02 Å². The van der Waals surface area contributed by atoms with E-state index in [1.54, 1.807) is 54.7 Å². The van der Waals surface area contributed by atoms with Crippen molar-refractivity contribution in [2.75, 3.05) is 0 Å². The van der Waals surface area contributed by atoms with Crippen LogP contribution in [0.25, 0.3) is 22.6 Å². The lowest BCUT2D eigenvalue weighted by molar-refractivity contribution is -0.137. The van der Waals surface area contributed by atoms with Crippen LogP contribution in [-0.4, -0.2) is 30.7 Å². The number of hydrogen-bond donors (Lipinski definition) is 0. The number of carbonyl (C=O) groups excluding carboxylic acids is 1. The number of nitrogens with zero attached hydrogens (tertiary/aromatic N) is 5. The SMILES string of the molecule is O=C(c1ccccc1Cl)c1cccnc1-c1nnn(Cc2cc(F)cc(C(F)(F)F)c2)c1-c1cccnc1. The summed E-state index contributed by atoms with van der Waals surface area (Å²) in [6.45, 7) is -0.237. The Bertz CT molecular complexity index is 1640. The maximum atomic E-state index is 14.1. The molecule has 0 N–H and O–H groups in total. The van der Waals surface area contributed by atoms with E-state index >= 15 is 0 Å². The number of pyridine rings is 2. The van der Waals surface area contributed by atoms with Crippen LogP contribution in [0.1, 0.15) is 27.0 Å². The van der Waals surface area contributed by atoms with Gasteiger partial charge in [0.2, 0.25) is 0 Å². The maximum Gasteiger partial charge on any atom is 0.416 e. The predicted octanol–water partition coefficient (Wildman–Crippen LogP) is 6.49. The average molecular weight is 538 g/mol. The van der Waals surface area contributed by atoms with Crippen LogP contribution in [0.3, 0.4) is 0 Å². The zero-order chi connectivity index (χ0) is 26.9. The molecule has 0 bridgehead atoms. The van der Waals surface area contributed by atoms with Crippen LogP contribution in [-0.2, 0) is 12.7 Å². The van der Waals surface area contributed by atoms with Crippen LogP contribution >= 0.6 is 11.6 Å². The van der Waals surface area contributed by atoms with Crippen LogP contribution in [0.5, 0.6) is 0 Å². The molecule has 6 nitrogen and oxygen atoms in total. The van der Waals surface area contributed by atoms with Crippen LogP contribution in [0.4, 0.5) is 17.6 Å². The molecule has 0 unspecified atom stereocenters. The zero-order valence-corrected chi connectivity index (χ0v) is 20.1. The highest BCUT2D eigenvalue weighted by atomic mass is 35.5. The first-order chi connectivity index (χ1) is 18.2. The summed E-state index contributed by atoms with van der Waals surface area (Å²) in [5, 5.41) is 8.63. The highest BCUT2D eigenvalue weighted by molar-refractivity contribution is 6.35.